The Morgan fingerprint density at radius 2 is 1.96 bits per heavy atom. The quantitative estimate of drug-likeness (QED) is 0.793. The molecule has 0 unspecified atom stereocenters. The fourth-order valence-electron chi connectivity index (χ4n) is 3.02. The molecule has 1 aliphatic heterocycles. The molecule has 2 aromatic rings. The third-order valence-corrected chi connectivity index (χ3v) is 4.36. The summed E-state index contributed by atoms with van der Waals surface area (Å²) in [5.41, 5.74) is 2.84. The van der Waals surface area contributed by atoms with Crippen molar-refractivity contribution < 1.29 is 9.84 Å². The van der Waals surface area contributed by atoms with Crippen LogP contribution in [0.15, 0.2) is 48.5 Å². The molecule has 5 nitrogen and oxygen atoms in total. The van der Waals surface area contributed by atoms with Crippen LogP contribution in [-0.4, -0.2) is 37.5 Å². The number of hydrogen-bond acceptors (Lipinski definition) is 5. The average Bonchev–Trinajstić information content (AvgIpc) is 2.66. The van der Waals surface area contributed by atoms with Gasteiger partial charge in [0.25, 0.3) is 0 Å². The Bertz CT molecular complexity index is 734. The maximum atomic E-state index is 9.68. The van der Waals surface area contributed by atoms with Gasteiger partial charge in [0, 0.05) is 19.6 Å². The van der Waals surface area contributed by atoms with Crippen molar-refractivity contribution in [1.29, 1.82) is 5.26 Å². The van der Waals surface area contributed by atoms with Crippen LogP contribution in [0, 0.1) is 11.3 Å². The lowest BCUT2D eigenvalue weighted by Crippen LogP contribution is -2.36. The van der Waals surface area contributed by atoms with E-state index in [1.165, 1.54) is 5.69 Å². The molecule has 0 saturated carbocycles. The molecule has 5 heteroatoms. The van der Waals surface area contributed by atoms with Gasteiger partial charge >= 0.3 is 0 Å². The maximum absolute atomic E-state index is 9.68. The number of nitrogens with zero attached hydrogens (tertiary/aromatic N) is 2. The first kappa shape index (κ1) is 17.1. The molecule has 1 fully saturated rings. The SMILES string of the molecule is N#Cc1cccc(OCCNc2ccccc2N2CCC(O)CC2)c1. The second-order valence-electron chi connectivity index (χ2n) is 6.15. The predicted molar refractivity (Wildman–Crippen MR) is 99.0 cm³/mol. The summed E-state index contributed by atoms with van der Waals surface area (Å²) in [5, 5.41) is 22.0. The van der Waals surface area contributed by atoms with Crippen molar-refractivity contribution in [1.82, 2.24) is 0 Å². The van der Waals surface area contributed by atoms with Gasteiger partial charge in [0.2, 0.25) is 0 Å². The lowest BCUT2D eigenvalue weighted by molar-refractivity contribution is 0.145. The van der Waals surface area contributed by atoms with Gasteiger partial charge in [-0.15, -0.1) is 0 Å². The van der Waals surface area contributed by atoms with Crippen LogP contribution in [0.1, 0.15) is 18.4 Å². The van der Waals surface area contributed by atoms with E-state index in [0.717, 1.165) is 31.6 Å². The molecular formula is C20H23N3O2. The van der Waals surface area contributed by atoms with E-state index >= 15 is 0 Å². The van der Waals surface area contributed by atoms with Crippen molar-refractivity contribution in [3.05, 3.63) is 54.1 Å². The van der Waals surface area contributed by atoms with E-state index in [-0.39, 0.29) is 6.10 Å². The van der Waals surface area contributed by atoms with Crippen LogP contribution >= 0.6 is 0 Å². The fourth-order valence-corrected chi connectivity index (χ4v) is 3.02. The molecule has 1 saturated heterocycles. The van der Waals surface area contributed by atoms with Crippen LogP contribution in [0.3, 0.4) is 0 Å². The smallest absolute Gasteiger partial charge is 0.120 e. The monoisotopic (exact) mass is 337 g/mol. The molecular weight excluding hydrogens is 314 g/mol. The Morgan fingerprint density at radius 3 is 2.76 bits per heavy atom. The fraction of sp³-hybridized carbons (Fsp3) is 0.350. The lowest BCUT2D eigenvalue weighted by atomic mass is 10.1. The predicted octanol–water partition coefficient (Wildman–Crippen LogP) is 3.01. The number of aliphatic hydroxyl groups is 1. The van der Waals surface area contributed by atoms with Crippen molar-refractivity contribution in [2.75, 3.05) is 36.5 Å². The summed E-state index contributed by atoms with van der Waals surface area (Å²) < 4.78 is 5.71. The summed E-state index contributed by atoms with van der Waals surface area (Å²) in [7, 11) is 0. The molecule has 0 aliphatic carbocycles. The highest BCUT2D eigenvalue weighted by atomic mass is 16.5. The molecule has 2 N–H and O–H groups in total. The van der Waals surface area contributed by atoms with E-state index < -0.39 is 0 Å². The molecule has 0 aromatic heterocycles. The first-order valence-electron chi connectivity index (χ1n) is 8.65. The maximum Gasteiger partial charge on any atom is 0.120 e. The number of anilines is 2. The third-order valence-electron chi connectivity index (χ3n) is 4.36. The van der Waals surface area contributed by atoms with Crippen molar-refractivity contribution in [3.8, 4) is 11.8 Å². The zero-order valence-corrected chi connectivity index (χ0v) is 14.2. The van der Waals surface area contributed by atoms with Gasteiger partial charge in [-0.1, -0.05) is 18.2 Å². The normalized spacial score (nSPS) is 14.8. The number of piperidine rings is 1. The molecule has 1 heterocycles. The highest BCUT2D eigenvalue weighted by molar-refractivity contribution is 5.70. The van der Waals surface area contributed by atoms with Gasteiger partial charge in [0.15, 0.2) is 0 Å². The number of para-hydroxylation sites is 2. The second-order valence-corrected chi connectivity index (χ2v) is 6.15. The second kappa shape index (κ2) is 8.41. The van der Waals surface area contributed by atoms with Gasteiger partial charge in [0.05, 0.1) is 29.1 Å². The highest BCUT2D eigenvalue weighted by Crippen LogP contribution is 2.28. The summed E-state index contributed by atoms with van der Waals surface area (Å²) in [6.07, 6.45) is 1.45. The van der Waals surface area contributed by atoms with Crippen molar-refractivity contribution in [2.24, 2.45) is 0 Å². The van der Waals surface area contributed by atoms with Crippen molar-refractivity contribution in [3.63, 3.8) is 0 Å². The number of ether oxygens (including phenoxy) is 1. The molecule has 1 aliphatic rings. The van der Waals surface area contributed by atoms with E-state index in [1.54, 1.807) is 12.1 Å². The molecule has 2 aromatic carbocycles. The third kappa shape index (κ3) is 4.65. The first-order chi connectivity index (χ1) is 12.3. The van der Waals surface area contributed by atoms with Crippen LogP contribution < -0.4 is 15.0 Å². The van der Waals surface area contributed by atoms with Crippen LogP contribution in [-0.2, 0) is 0 Å². The van der Waals surface area contributed by atoms with E-state index in [9.17, 15) is 5.11 Å². The summed E-state index contributed by atoms with van der Waals surface area (Å²) >= 11 is 0. The molecule has 0 spiro atoms. The molecule has 130 valence electrons. The molecule has 0 atom stereocenters. The zero-order chi connectivity index (χ0) is 17.5. The van der Waals surface area contributed by atoms with Crippen LogP contribution in [0.2, 0.25) is 0 Å². The molecule has 0 radical (unpaired) electrons. The molecule has 0 amide bonds. The number of benzene rings is 2. The first-order valence-corrected chi connectivity index (χ1v) is 8.65. The largest absolute Gasteiger partial charge is 0.492 e. The van der Waals surface area contributed by atoms with Crippen LogP contribution in [0.4, 0.5) is 11.4 Å². The lowest BCUT2D eigenvalue weighted by Gasteiger charge is -2.33. The van der Waals surface area contributed by atoms with Gasteiger partial charge in [-0.25, -0.2) is 0 Å². The Balaban J connectivity index is 1.54. The zero-order valence-electron chi connectivity index (χ0n) is 14.2. The van der Waals surface area contributed by atoms with Gasteiger partial charge in [0.1, 0.15) is 12.4 Å². The minimum absolute atomic E-state index is 0.172. The number of nitriles is 1. The summed E-state index contributed by atoms with van der Waals surface area (Å²) in [6, 6.07) is 17.5. The average molecular weight is 337 g/mol. The summed E-state index contributed by atoms with van der Waals surface area (Å²) in [4.78, 5) is 2.31. The van der Waals surface area contributed by atoms with Crippen LogP contribution in [0.25, 0.3) is 0 Å². The minimum Gasteiger partial charge on any atom is -0.492 e. The summed E-state index contributed by atoms with van der Waals surface area (Å²) in [5.74, 6) is 0.708. The number of aliphatic hydroxyl groups excluding tert-OH is 1. The Labute approximate surface area is 148 Å². The Hall–Kier alpha value is -2.71. The van der Waals surface area contributed by atoms with E-state index in [0.29, 0.717) is 24.5 Å². The van der Waals surface area contributed by atoms with Gasteiger partial charge in [-0.05, 0) is 43.2 Å². The highest BCUT2D eigenvalue weighted by Gasteiger charge is 2.18. The number of hydrogen-bond donors (Lipinski definition) is 2. The van der Waals surface area contributed by atoms with Gasteiger partial charge < -0.3 is 20.1 Å². The summed E-state index contributed by atoms with van der Waals surface area (Å²) in [6.45, 7) is 2.93. The minimum atomic E-state index is -0.172. The van der Waals surface area contributed by atoms with E-state index in [1.807, 2.05) is 24.3 Å². The standard InChI is InChI=1S/C20H23N3O2/c21-15-16-4-3-5-18(14-16)25-13-10-22-19-6-1-2-7-20(19)23-11-8-17(24)9-12-23/h1-7,14,17,22,24H,8-13H2. The molecule has 0 bridgehead atoms. The Kier molecular flexibility index (Phi) is 5.76. The topological polar surface area (TPSA) is 68.5 Å². The number of nitrogens with one attached hydrogen (secondary N) is 1. The number of rotatable bonds is 6. The van der Waals surface area contributed by atoms with E-state index in [4.69, 9.17) is 10.00 Å². The van der Waals surface area contributed by atoms with Gasteiger partial charge in [-0.2, -0.15) is 5.26 Å². The van der Waals surface area contributed by atoms with Crippen molar-refractivity contribution >= 4 is 11.4 Å². The van der Waals surface area contributed by atoms with Gasteiger partial charge in [-0.3, -0.25) is 0 Å². The van der Waals surface area contributed by atoms with Crippen LogP contribution in [0.5, 0.6) is 5.75 Å². The molecule has 3 rings (SSSR count). The Morgan fingerprint density at radius 1 is 1.16 bits per heavy atom. The van der Waals surface area contributed by atoms with Crippen molar-refractivity contribution in [2.45, 2.75) is 18.9 Å². The van der Waals surface area contributed by atoms with E-state index in [2.05, 4.69) is 28.4 Å². The molecule has 25 heavy (non-hydrogen) atoms.